The predicted molar refractivity (Wildman–Crippen MR) is 88.5 cm³/mol. The van der Waals surface area contributed by atoms with E-state index in [9.17, 15) is 0 Å². The number of rotatable bonds is 5. The summed E-state index contributed by atoms with van der Waals surface area (Å²) < 4.78 is 2.05. The lowest BCUT2D eigenvalue weighted by atomic mass is 10.1. The van der Waals surface area contributed by atoms with Gasteiger partial charge in [-0.25, -0.2) is 0 Å². The third-order valence-corrected chi connectivity index (χ3v) is 2.59. The van der Waals surface area contributed by atoms with Gasteiger partial charge in [-0.05, 0) is 24.0 Å². The van der Waals surface area contributed by atoms with Crippen LogP contribution >= 0.6 is 24.0 Å². The topological polar surface area (TPSA) is 41.4 Å². The van der Waals surface area contributed by atoms with Crippen molar-refractivity contribution in [3.8, 4) is 0 Å². The zero-order valence-corrected chi connectivity index (χ0v) is 14.1. The molecule has 1 rings (SSSR count). The average molecular weight is 364 g/mol. The SMILES string of the molecule is CN=C(NCCC(C)C)NCc1ccn(C)c1.I. The van der Waals surface area contributed by atoms with E-state index in [0.29, 0.717) is 0 Å². The minimum atomic E-state index is 0. The molecule has 0 saturated carbocycles. The minimum absolute atomic E-state index is 0. The van der Waals surface area contributed by atoms with Crippen LogP contribution in [0.15, 0.2) is 23.5 Å². The molecule has 5 heteroatoms. The minimum Gasteiger partial charge on any atom is -0.357 e. The summed E-state index contributed by atoms with van der Waals surface area (Å²) in [6, 6.07) is 2.11. The van der Waals surface area contributed by atoms with Crippen LogP contribution in [0.4, 0.5) is 0 Å². The molecule has 1 aromatic heterocycles. The monoisotopic (exact) mass is 364 g/mol. The van der Waals surface area contributed by atoms with Crippen molar-refractivity contribution in [2.45, 2.75) is 26.8 Å². The van der Waals surface area contributed by atoms with Crippen LogP contribution in [0.3, 0.4) is 0 Å². The van der Waals surface area contributed by atoms with Gasteiger partial charge < -0.3 is 15.2 Å². The van der Waals surface area contributed by atoms with E-state index in [4.69, 9.17) is 0 Å². The van der Waals surface area contributed by atoms with Gasteiger partial charge in [-0.1, -0.05) is 13.8 Å². The first-order chi connectivity index (χ1) is 8.11. The van der Waals surface area contributed by atoms with Crippen LogP contribution in [0.2, 0.25) is 0 Å². The van der Waals surface area contributed by atoms with Gasteiger partial charge in [0.2, 0.25) is 0 Å². The summed E-state index contributed by atoms with van der Waals surface area (Å²) in [6.07, 6.45) is 5.31. The smallest absolute Gasteiger partial charge is 0.191 e. The number of aryl methyl sites for hydroxylation is 1. The van der Waals surface area contributed by atoms with E-state index in [-0.39, 0.29) is 24.0 Å². The molecule has 0 atom stereocenters. The first-order valence-corrected chi connectivity index (χ1v) is 6.17. The molecule has 0 amide bonds. The van der Waals surface area contributed by atoms with Gasteiger partial charge in [0.15, 0.2) is 5.96 Å². The summed E-state index contributed by atoms with van der Waals surface area (Å²) in [5.41, 5.74) is 1.26. The fourth-order valence-corrected chi connectivity index (χ4v) is 1.55. The van der Waals surface area contributed by atoms with Crippen molar-refractivity contribution in [1.29, 1.82) is 0 Å². The molecule has 0 unspecified atom stereocenters. The normalized spacial score (nSPS) is 11.3. The molecule has 0 aliphatic rings. The quantitative estimate of drug-likeness (QED) is 0.479. The van der Waals surface area contributed by atoms with Gasteiger partial charge in [0.05, 0.1) is 0 Å². The molecule has 104 valence electrons. The first kappa shape index (κ1) is 17.3. The molecule has 0 aliphatic carbocycles. The fourth-order valence-electron chi connectivity index (χ4n) is 1.55. The third kappa shape index (κ3) is 6.88. The highest BCUT2D eigenvalue weighted by atomic mass is 127. The van der Waals surface area contributed by atoms with Crippen molar-refractivity contribution in [1.82, 2.24) is 15.2 Å². The highest BCUT2D eigenvalue weighted by Crippen LogP contribution is 1.98. The van der Waals surface area contributed by atoms with E-state index in [0.717, 1.165) is 31.4 Å². The molecular weight excluding hydrogens is 339 g/mol. The van der Waals surface area contributed by atoms with Crippen LogP contribution in [-0.4, -0.2) is 24.1 Å². The number of aliphatic imine (C=N–C) groups is 1. The van der Waals surface area contributed by atoms with E-state index >= 15 is 0 Å². The largest absolute Gasteiger partial charge is 0.357 e. The Labute approximate surface area is 127 Å². The van der Waals surface area contributed by atoms with Gasteiger partial charge in [-0.15, -0.1) is 24.0 Å². The van der Waals surface area contributed by atoms with Crippen molar-refractivity contribution in [3.63, 3.8) is 0 Å². The number of hydrogen-bond donors (Lipinski definition) is 2. The zero-order chi connectivity index (χ0) is 12.7. The maximum atomic E-state index is 4.19. The summed E-state index contributed by atoms with van der Waals surface area (Å²) >= 11 is 0. The summed E-state index contributed by atoms with van der Waals surface area (Å²) in [5.74, 6) is 1.59. The van der Waals surface area contributed by atoms with Gasteiger partial charge in [0.1, 0.15) is 0 Å². The molecular formula is C13H25IN4. The van der Waals surface area contributed by atoms with Gasteiger partial charge in [-0.3, -0.25) is 4.99 Å². The Hall–Kier alpha value is -0.720. The number of nitrogens with zero attached hydrogens (tertiary/aromatic N) is 2. The van der Waals surface area contributed by atoms with Gasteiger partial charge in [-0.2, -0.15) is 0 Å². The molecule has 1 heterocycles. The van der Waals surface area contributed by atoms with Crippen molar-refractivity contribution < 1.29 is 0 Å². The maximum Gasteiger partial charge on any atom is 0.191 e. The van der Waals surface area contributed by atoms with E-state index < -0.39 is 0 Å². The lowest BCUT2D eigenvalue weighted by molar-refractivity contribution is 0.573. The molecule has 0 aromatic carbocycles. The highest BCUT2D eigenvalue weighted by Gasteiger charge is 1.99. The number of guanidine groups is 1. The van der Waals surface area contributed by atoms with E-state index in [1.807, 2.05) is 17.8 Å². The molecule has 0 aliphatic heterocycles. The highest BCUT2D eigenvalue weighted by molar-refractivity contribution is 14.0. The van der Waals surface area contributed by atoms with Gasteiger partial charge in [0, 0.05) is 39.6 Å². The molecule has 0 saturated heterocycles. The van der Waals surface area contributed by atoms with Crippen molar-refractivity contribution in [2.24, 2.45) is 18.0 Å². The van der Waals surface area contributed by atoms with Gasteiger partial charge >= 0.3 is 0 Å². The number of aromatic nitrogens is 1. The van der Waals surface area contributed by atoms with E-state index in [1.165, 1.54) is 5.56 Å². The molecule has 0 spiro atoms. The van der Waals surface area contributed by atoms with Crippen LogP contribution < -0.4 is 10.6 Å². The summed E-state index contributed by atoms with van der Waals surface area (Å²) in [6.45, 7) is 6.22. The van der Waals surface area contributed by atoms with Crippen LogP contribution in [0.1, 0.15) is 25.8 Å². The average Bonchev–Trinajstić information content (AvgIpc) is 2.69. The Morgan fingerprint density at radius 3 is 2.61 bits per heavy atom. The second-order valence-electron chi connectivity index (χ2n) is 4.72. The lowest BCUT2D eigenvalue weighted by Crippen LogP contribution is -2.37. The van der Waals surface area contributed by atoms with Crippen molar-refractivity contribution >= 4 is 29.9 Å². The molecule has 0 radical (unpaired) electrons. The Morgan fingerprint density at radius 1 is 1.39 bits per heavy atom. The van der Waals surface area contributed by atoms with Crippen molar-refractivity contribution in [3.05, 3.63) is 24.0 Å². The standard InChI is InChI=1S/C13H24N4.HI/c1-11(2)5-7-15-13(14-3)16-9-12-6-8-17(4)10-12;/h6,8,10-11H,5,7,9H2,1-4H3,(H2,14,15,16);1H. The molecule has 0 fully saturated rings. The Morgan fingerprint density at radius 2 is 2.11 bits per heavy atom. The summed E-state index contributed by atoms with van der Waals surface area (Å²) in [5, 5.41) is 6.61. The first-order valence-electron chi connectivity index (χ1n) is 6.17. The van der Waals surface area contributed by atoms with Crippen molar-refractivity contribution in [2.75, 3.05) is 13.6 Å². The lowest BCUT2D eigenvalue weighted by Gasteiger charge is -2.12. The second kappa shape index (κ2) is 9.24. The number of nitrogens with one attached hydrogen (secondary N) is 2. The molecule has 4 nitrogen and oxygen atoms in total. The summed E-state index contributed by atoms with van der Waals surface area (Å²) in [7, 11) is 3.83. The Balaban J connectivity index is 0.00000289. The van der Waals surface area contributed by atoms with Gasteiger partial charge in [0.25, 0.3) is 0 Å². The zero-order valence-electron chi connectivity index (χ0n) is 11.7. The Kier molecular flexibility index (Phi) is 8.87. The van der Waals surface area contributed by atoms with Crippen LogP contribution in [0.25, 0.3) is 0 Å². The predicted octanol–water partition coefficient (Wildman–Crippen LogP) is 2.35. The molecule has 2 N–H and O–H groups in total. The van der Waals surface area contributed by atoms with Crippen LogP contribution in [-0.2, 0) is 13.6 Å². The molecule has 0 bridgehead atoms. The molecule has 1 aromatic rings. The Bertz CT molecular complexity index is 358. The second-order valence-corrected chi connectivity index (χ2v) is 4.72. The van der Waals surface area contributed by atoms with E-state index in [1.54, 1.807) is 7.05 Å². The molecule has 18 heavy (non-hydrogen) atoms. The third-order valence-electron chi connectivity index (χ3n) is 2.59. The summed E-state index contributed by atoms with van der Waals surface area (Å²) in [4.78, 5) is 4.19. The van der Waals surface area contributed by atoms with E-state index in [2.05, 4.69) is 41.7 Å². The number of hydrogen-bond acceptors (Lipinski definition) is 1. The number of halogens is 1. The van der Waals surface area contributed by atoms with Crippen LogP contribution in [0, 0.1) is 5.92 Å². The van der Waals surface area contributed by atoms with Crippen LogP contribution in [0.5, 0.6) is 0 Å². The maximum absolute atomic E-state index is 4.19. The fraction of sp³-hybridized carbons (Fsp3) is 0.615.